The highest BCUT2D eigenvalue weighted by Gasteiger charge is 2.37. The molecule has 2 unspecified atom stereocenters. The molecule has 0 amide bonds. The smallest absolute Gasteiger partial charge is 0.0274 e. The van der Waals surface area contributed by atoms with E-state index in [2.05, 4.69) is 120 Å². The molecule has 3 aliphatic carbocycles. The molecular weight excluding hydrogens is 468 g/mol. The monoisotopic (exact) mass is 510 g/mol. The van der Waals surface area contributed by atoms with E-state index in [9.17, 15) is 0 Å². The molecule has 39 heavy (non-hydrogen) atoms. The maximum Gasteiger partial charge on any atom is 0.0274 e. The van der Waals surface area contributed by atoms with Crippen LogP contribution in [0.2, 0.25) is 0 Å². The van der Waals surface area contributed by atoms with Crippen LogP contribution in [0.15, 0.2) is 132 Å². The Balaban J connectivity index is 1.43. The Labute approximate surface area is 236 Å². The summed E-state index contributed by atoms with van der Waals surface area (Å²) >= 11 is 0. The Morgan fingerprint density at radius 1 is 1.00 bits per heavy atom. The second-order valence-corrected chi connectivity index (χ2v) is 11.5. The minimum atomic E-state index is 0.271. The normalized spacial score (nSPS) is 21.6. The lowest BCUT2D eigenvalue weighted by Crippen LogP contribution is -2.16. The van der Waals surface area contributed by atoms with Crippen LogP contribution in [0.1, 0.15) is 81.5 Å². The van der Waals surface area contributed by atoms with Gasteiger partial charge in [0.15, 0.2) is 0 Å². The predicted molar refractivity (Wildman–Crippen MR) is 171 cm³/mol. The van der Waals surface area contributed by atoms with E-state index in [1.165, 1.54) is 66.8 Å². The summed E-state index contributed by atoms with van der Waals surface area (Å²) in [6, 6.07) is 18.0. The molecule has 0 N–H and O–H groups in total. The van der Waals surface area contributed by atoms with Gasteiger partial charge in [-0.25, -0.2) is 0 Å². The number of allylic oxidation sites excluding steroid dienone is 13. The van der Waals surface area contributed by atoms with Crippen LogP contribution < -0.4 is 0 Å². The van der Waals surface area contributed by atoms with Crippen LogP contribution in [-0.2, 0) is 6.42 Å². The van der Waals surface area contributed by atoms with Crippen molar-refractivity contribution in [2.75, 3.05) is 0 Å². The van der Waals surface area contributed by atoms with Gasteiger partial charge in [-0.15, -0.1) is 0 Å². The standard InChI is InChI=1S/C39H42/c1-8-11-26(5)38-28(7)39-27(6)35(23-36(39)24-37(38)31-17-14-29(9-2)15-18-31)21-30-16-19-34(20-30)33-13-10-12-32(22-33)25(3)4/h10,12-19,21-22,24,37,39H,3,5-6,8-9,11,20,23H2,1-2,4,7H3/b35-21+. The summed E-state index contributed by atoms with van der Waals surface area (Å²) in [4.78, 5) is 0. The van der Waals surface area contributed by atoms with Crippen molar-refractivity contribution in [1.29, 1.82) is 0 Å². The largest absolute Gasteiger partial charge is 0.0955 e. The molecule has 2 aromatic rings. The van der Waals surface area contributed by atoms with Gasteiger partial charge in [0, 0.05) is 11.8 Å². The summed E-state index contributed by atoms with van der Waals surface area (Å²) in [5.74, 6) is 0.570. The minimum Gasteiger partial charge on any atom is -0.0955 e. The zero-order valence-electron chi connectivity index (χ0n) is 24.2. The number of benzene rings is 2. The van der Waals surface area contributed by atoms with Gasteiger partial charge in [0.25, 0.3) is 0 Å². The highest BCUT2D eigenvalue weighted by molar-refractivity contribution is 5.76. The van der Waals surface area contributed by atoms with Gasteiger partial charge in [0.05, 0.1) is 0 Å². The van der Waals surface area contributed by atoms with E-state index in [0.29, 0.717) is 5.92 Å². The lowest BCUT2D eigenvalue weighted by atomic mass is 9.72. The van der Waals surface area contributed by atoms with E-state index in [0.717, 1.165) is 37.7 Å². The molecule has 2 aromatic carbocycles. The van der Waals surface area contributed by atoms with Crippen molar-refractivity contribution < 1.29 is 0 Å². The third-order valence-electron chi connectivity index (χ3n) is 8.73. The first-order valence-electron chi connectivity index (χ1n) is 14.5. The first kappa shape index (κ1) is 26.9. The maximum atomic E-state index is 4.65. The van der Waals surface area contributed by atoms with Crippen molar-refractivity contribution >= 4 is 11.1 Å². The third kappa shape index (κ3) is 5.30. The predicted octanol–water partition coefficient (Wildman–Crippen LogP) is 10.9. The van der Waals surface area contributed by atoms with E-state index in [4.69, 9.17) is 0 Å². The van der Waals surface area contributed by atoms with Crippen molar-refractivity contribution in [2.24, 2.45) is 5.92 Å². The van der Waals surface area contributed by atoms with Crippen molar-refractivity contribution in [1.82, 2.24) is 0 Å². The molecule has 3 aliphatic rings. The molecule has 198 valence electrons. The number of fused-ring (bicyclic) bond motifs is 1. The summed E-state index contributed by atoms with van der Waals surface area (Å²) in [6.07, 6.45) is 14.7. The SMILES string of the molecule is C=C(CCC)C1=C(C)C2C(=C)/C(=C/C3=CC=C(c4cccc(C(=C)C)c4)C3)CC2=CC1c1ccc(CC)cc1. The zero-order valence-corrected chi connectivity index (χ0v) is 24.2. The van der Waals surface area contributed by atoms with Gasteiger partial charge >= 0.3 is 0 Å². The molecule has 2 atom stereocenters. The van der Waals surface area contributed by atoms with Crippen molar-refractivity contribution in [2.45, 2.75) is 65.7 Å². The van der Waals surface area contributed by atoms with Crippen LogP contribution >= 0.6 is 0 Å². The summed E-state index contributed by atoms with van der Waals surface area (Å²) in [5, 5.41) is 0. The topological polar surface area (TPSA) is 0 Å². The van der Waals surface area contributed by atoms with Gasteiger partial charge in [0.2, 0.25) is 0 Å². The molecule has 0 aliphatic heterocycles. The van der Waals surface area contributed by atoms with Crippen molar-refractivity contribution in [3.63, 3.8) is 0 Å². The Bertz CT molecular complexity index is 1490. The Kier molecular flexibility index (Phi) is 7.76. The average Bonchev–Trinajstić information content (AvgIpc) is 3.53. The van der Waals surface area contributed by atoms with Crippen LogP contribution in [0.25, 0.3) is 11.1 Å². The second-order valence-electron chi connectivity index (χ2n) is 11.5. The second kappa shape index (κ2) is 11.2. The molecular formula is C39H42. The fourth-order valence-corrected chi connectivity index (χ4v) is 6.59. The highest BCUT2D eigenvalue weighted by atomic mass is 14.4. The molecule has 0 bridgehead atoms. The lowest BCUT2D eigenvalue weighted by molar-refractivity contribution is 0.771. The Morgan fingerprint density at radius 2 is 1.77 bits per heavy atom. The van der Waals surface area contributed by atoms with Gasteiger partial charge in [-0.05, 0) is 95.7 Å². The van der Waals surface area contributed by atoms with Gasteiger partial charge in [-0.1, -0.05) is 129 Å². The Morgan fingerprint density at radius 3 is 2.46 bits per heavy atom. The van der Waals surface area contributed by atoms with Crippen LogP contribution in [0, 0.1) is 5.92 Å². The Hall–Kier alpha value is -3.64. The number of hydrogen-bond acceptors (Lipinski definition) is 0. The van der Waals surface area contributed by atoms with Crippen molar-refractivity contribution in [3.8, 4) is 0 Å². The van der Waals surface area contributed by atoms with Gasteiger partial charge in [-0.3, -0.25) is 0 Å². The average molecular weight is 511 g/mol. The van der Waals surface area contributed by atoms with Crippen LogP contribution in [0.5, 0.6) is 0 Å². The molecule has 5 rings (SSSR count). The molecule has 1 saturated carbocycles. The molecule has 1 fully saturated rings. The summed E-state index contributed by atoms with van der Waals surface area (Å²) in [6.45, 7) is 22.2. The first-order chi connectivity index (χ1) is 18.8. The molecule has 0 spiro atoms. The quantitative estimate of drug-likeness (QED) is 0.310. The zero-order chi connectivity index (χ0) is 27.7. The fourth-order valence-electron chi connectivity index (χ4n) is 6.59. The van der Waals surface area contributed by atoms with Crippen LogP contribution in [0.4, 0.5) is 0 Å². The van der Waals surface area contributed by atoms with E-state index in [-0.39, 0.29) is 5.92 Å². The molecule has 0 aromatic heterocycles. The van der Waals surface area contributed by atoms with E-state index >= 15 is 0 Å². The number of rotatable bonds is 8. The van der Waals surface area contributed by atoms with E-state index < -0.39 is 0 Å². The summed E-state index contributed by atoms with van der Waals surface area (Å²) in [5.41, 5.74) is 17.4. The van der Waals surface area contributed by atoms with E-state index in [1.807, 2.05) is 0 Å². The molecule has 0 heteroatoms. The molecule has 0 heterocycles. The fraction of sp³-hybridized carbons (Fsp3) is 0.282. The maximum absolute atomic E-state index is 4.65. The van der Waals surface area contributed by atoms with Gasteiger partial charge in [-0.2, -0.15) is 0 Å². The lowest BCUT2D eigenvalue weighted by Gasteiger charge is -2.32. The van der Waals surface area contributed by atoms with Crippen LogP contribution in [0.3, 0.4) is 0 Å². The molecule has 0 nitrogen and oxygen atoms in total. The third-order valence-corrected chi connectivity index (χ3v) is 8.73. The van der Waals surface area contributed by atoms with E-state index in [1.54, 1.807) is 0 Å². The first-order valence-corrected chi connectivity index (χ1v) is 14.5. The van der Waals surface area contributed by atoms with Gasteiger partial charge < -0.3 is 0 Å². The summed E-state index contributed by atoms with van der Waals surface area (Å²) < 4.78 is 0. The number of hydrogen-bond donors (Lipinski definition) is 0. The molecule has 0 saturated heterocycles. The summed E-state index contributed by atoms with van der Waals surface area (Å²) in [7, 11) is 0. The minimum absolute atomic E-state index is 0.271. The highest BCUT2D eigenvalue weighted by Crippen LogP contribution is 2.52. The number of aryl methyl sites for hydroxylation is 1. The van der Waals surface area contributed by atoms with Crippen LogP contribution in [-0.4, -0.2) is 0 Å². The van der Waals surface area contributed by atoms with Gasteiger partial charge in [0.1, 0.15) is 0 Å². The van der Waals surface area contributed by atoms with Crippen molar-refractivity contribution in [3.05, 3.63) is 154 Å². The molecule has 0 radical (unpaired) electrons.